The normalized spacial score (nSPS) is 10.6. The van der Waals surface area contributed by atoms with E-state index in [9.17, 15) is 9.59 Å². The Kier molecular flexibility index (Phi) is 5.72. The average molecular weight is 437 g/mol. The van der Waals surface area contributed by atoms with Gasteiger partial charge in [-0.1, -0.05) is 41.9 Å². The molecule has 4 aromatic rings. The lowest BCUT2D eigenvalue weighted by Gasteiger charge is -2.08. The second kappa shape index (κ2) is 8.76. The molecule has 2 amide bonds. The van der Waals surface area contributed by atoms with Crippen LogP contribution >= 0.6 is 11.6 Å². The van der Waals surface area contributed by atoms with Crippen molar-refractivity contribution in [2.45, 2.75) is 13.5 Å². The third kappa shape index (κ3) is 4.43. The number of halogens is 1. The minimum atomic E-state index is -0.555. The molecule has 2 N–H and O–H groups in total. The summed E-state index contributed by atoms with van der Waals surface area (Å²) in [6.07, 6.45) is 1.44. The molecule has 156 valence electrons. The van der Waals surface area contributed by atoms with Gasteiger partial charge in [0.2, 0.25) is 0 Å². The summed E-state index contributed by atoms with van der Waals surface area (Å²) in [5.41, 5.74) is 7.46. The van der Waals surface area contributed by atoms with Crippen molar-refractivity contribution in [1.29, 1.82) is 0 Å². The zero-order valence-electron chi connectivity index (χ0n) is 16.4. The van der Waals surface area contributed by atoms with Gasteiger partial charge in [-0.2, -0.15) is 5.10 Å². The lowest BCUT2D eigenvalue weighted by atomic mass is 10.2. The molecular formula is C20H17ClN8O2. The van der Waals surface area contributed by atoms with Crippen molar-refractivity contribution in [1.82, 2.24) is 40.8 Å². The number of nitrogens with zero attached hydrogens (tertiary/aromatic N) is 6. The van der Waals surface area contributed by atoms with Crippen molar-refractivity contribution in [2.75, 3.05) is 0 Å². The molecule has 4 rings (SSSR count). The Morgan fingerprint density at radius 2 is 1.71 bits per heavy atom. The molecule has 0 radical (unpaired) electrons. The summed E-state index contributed by atoms with van der Waals surface area (Å²) in [4.78, 5) is 25.0. The molecule has 0 aliphatic rings. The average Bonchev–Trinajstić information content (AvgIpc) is 3.41. The van der Waals surface area contributed by atoms with Crippen LogP contribution in [0.5, 0.6) is 0 Å². The van der Waals surface area contributed by atoms with Gasteiger partial charge >= 0.3 is 0 Å². The van der Waals surface area contributed by atoms with Crippen LogP contribution in [-0.4, -0.2) is 41.8 Å². The first kappa shape index (κ1) is 20.2. The Morgan fingerprint density at radius 1 is 1.00 bits per heavy atom. The number of benzene rings is 2. The van der Waals surface area contributed by atoms with E-state index in [0.29, 0.717) is 23.5 Å². The van der Waals surface area contributed by atoms with Crippen molar-refractivity contribution in [3.8, 4) is 5.69 Å². The second-order valence-corrected chi connectivity index (χ2v) is 6.96. The monoisotopic (exact) mass is 436 g/mol. The molecule has 0 atom stereocenters. The maximum atomic E-state index is 12.6. The molecule has 0 saturated heterocycles. The molecule has 2 aromatic carbocycles. The number of carbonyl (C=O) groups excluding carboxylic acids is 2. The van der Waals surface area contributed by atoms with Crippen molar-refractivity contribution >= 4 is 23.4 Å². The molecule has 11 heteroatoms. The summed E-state index contributed by atoms with van der Waals surface area (Å²) >= 11 is 6.38. The predicted octanol–water partition coefficient (Wildman–Crippen LogP) is 1.94. The van der Waals surface area contributed by atoms with Crippen molar-refractivity contribution < 1.29 is 9.59 Å². The highest BCUT2D eigenvalue weighted by molar-refractivity contribution is 6.33. The van der Waals surface area contributed by atoms with Gasteiger partial charge in [0.15, 0.2) is 0 Å². The number of hydrazine groups is 1. The summed E-state index contributed by atoms with van der Waals surface area (Å²) in [6, 6.07) is 16.2. The molecule has 10 nitrogen and oxygen atoms in total. The molecule has 31 heavy (non-hydrogen) atoms. The van der Waals surface area contributed by atoms with Gasteiger partial charge in [-0.3, -0.25) is 20.4 Å². The second-order valence-electron chi connectivity index (χ2n) is 6.60. The van der Waals surface area contributed by atoms with E-state index >= 15 is 0 Å². The van der Waals surface area contributed by atoms with E-state index in [1.54, 1.807) is 35.9 Å². The van der Waals surface area contributed by atoms with E-state index in [0.717, 1.165) is 5.56 Å². The van der Waals surface area contributed by atoms with Crippen LogP contribution in [0.2, 0.25) is 5.15 Å². The molecule has 0 aliphatic carbocycles. The third-order valence-corrected chi connectivity index (χ3v) is 4.88. The standard InChI is InChI=1S/C20H17ClN8O2/c1-13-17(18(21)28(25-13)11-14-5-3-2-4-6-14)20(31)24-23-19(30)15-7-9-16(10-8-15)29-12-22-26-27-29/h2-10,12H,11H2,1H3,(H,23,30)(H,24,31). The smallest absolute Gasteiger partial charge is 0.267 e. The van der Waals surface area contributed by atoms with Crippen molar-refractivity contribution in [3.63, 3.8) is 0 Å². The first-order valence-electron chi connectivity index (χ1n) is 9.24. The fraction of sp³-hybridized carbons (Fsp3) is 0.100. The highest BCUT2D eigenvalue weighted by atomic mass is 35.5. The van der Waals surface area contributed by atoms with Gasteiger partial charge in [-0.25, -0.2) is 9.36 Å². The Bertz CT molecular complexity index is 1200. The zero-order valence-corrected chi connectivity index (χ0v) is 17.1. The van der Waals surface area contributed by atoms with Gasteiger partial charge in [-0.05, 0) is 47.2 Å². The Hall–Kier alpha value is -4.05. The van der Waals surface area contributed by atoms with Crippen LogP contribution in [0.3, 0.4) is 0 Å². The molecule has 0 spiro atoms. The minimum Gasteiger partial charge on any atom is -0.267 e. The third-order valence-electron chi connectivity index (χ3n) is 4.50. The molecule has 0 bridgehead atoms. The first-order valence-corrected chi connectivity index (χ1v) is 9.61. The van der Waals surface area contributed by atoms with E-state index in [2.05, 4.69) is 31.5 Å². The van der Waals surface area contributed by atoms with Gasteiger partial charge in [0.1, 0.15) is 17.0 Å². The number of rotatable bonds is 5. The number of carbonyl (C=O) groups is 2. The van der Waals surface area contributed by atoms with E-state index in [1.165, 1.54) is 11.0 Å². The van der Waals surface area contributed by atoms with E-state index in [1.807, 2.05) is 30.3 Å². The Labute approximate surface area is 181 Å². The first-order chi connectivity index (χ1) is 15.0. The van der Waals surface area contributed by atoms with E-state index in [4.69, 9.17) is 11.6 Å². The molecule has 0 aliphatic heterocycles. The van der Waals surface area contributed by atoms with Gasteiger partial charge in [0.25, 0.3) is 11.8 Å². The van der Waals surface area contributed by atoms with Crippen LogP contribution in [0, 0.1) is 6.92 Å². The van der Waals surface area contributed by atoms with Gasteiger partial charge in [0.05, 0.1) is 17.9 Å². The molecular weight excluding hydrogens is 420 g/mol. The summed E-state index contributed by atoms with van der Waals surface area (Å²) in [5, 5.41) is 15.4. The number of hydrogen-bond acceptors (Lipinski definition) is 6. The minimum absolute atomic E-state index is 0.193. The van der Waals surface area contributed by atoms with Crippen LogP contribution in [0.25, 0.3) is 5.69 Å². The van der Waals surface area contributed by atoms with Crippen LogP contribution in [-0.2, 0) is 6.54 Å². The van der Waals surface area contributed by atoms with Crippen molar-refractivity contribution in [3.05, 3.63) is 88.5 Å². The zero-order chi connectivity index (χ0) is 21.8. The number of nitrogens with one attached hydrogen (secondary N) is 2. The maximum Gasteiger partial charge on any atom is 0.274 e. The van der Waals surface area contributed by atoms with E-state index < -0.39 is 11.8 Å². The van der Waals surface area contributed by atoms with Gasteiger partial charge < -0.3 is 0 Å². The largest absolute Gasteiger partial charge is 0.274 e. The lowest BCUT2D eigenvalue weighted by Crippen LogP contribution is -2.41. The summed E-state index contributed by atoms with van der Waals surface area (Å²) < 4.78 is 3.00. The number of aromatic nitrogens is 6. The number of hydrogen-bond donors (Lipinski definition) is 2. The van der Waals surface area contributed by atoms with Crippen LogP contribution in [0.1, 0.15) is 32.0 Å². The molecule has 2 heterocycles. The Balaban J connectivity index is 1.41. The van der Waals surface area contributed by atoms with E-state index in [-0.39, 0.29) is 10.7 Å². The number of tetrazole rings is 1. The summed E-state index contributed by atoms with van der Waals surface area (Å²) in [6.45, 7) is 2.11. The highest BCUT2D eigenvalue weighted by Crippen LogP contribution is 2.20. The van der Waals surface area contributed by atoms with Crippen molar-refractivity contribution in [2.24, 2.45) is 0 Å². The highest BCUT2D eigenvalue weighted by Gasteiger charge is 2.21. The van der Waals surface area contributed by atoms with Gasteiger partial charge in [-0.15, -0.1) is 5.10 Å². The lowest BCUT2D eigenvalue weighted by molar-refractivity contribution is 0.0846. The maximum absolute atomic E-state index is 12.6. The predicted molar refractivity (Wildman–Crippen MR) is 112 cm³/mol. The number of amides is 2. The SMILES string of the molecule is Cc1nn(Cc2ccccc2)c(Cl)c1C(=O)NNC(=O)c1ccc(-n2cnnn2)cc1. The number of aryl methyl sites for hydroxylation is 1. The topological polar surface area (TPSA) is 120 Å². The Morgan fingerprint density at radius 3 is 2.39 bits per heavy atom. The molecule has 0 fully saturated rings. The molecule has 0 unspecified atom stereocenters. The molecule has 2 aromatic heterocycles. The summed E-state index contributed by atoms with van der Waals surface area (Å²) in [5.74, 6) is -1.04. The quantitative estimate of drug-likeness (QED) is 0.461. The van der Waals surface area contributed by atoms with Crippen LogP contribution in [0.15, 0.2) is 60.9 Å². The fourth-order valence-corrected chi connectivity index (χ4v) is 3.29. The fourth-order valence-electron chi connectivity index (χ4n) is 2.97. The van der Waals surface area contributed by atoms with Crippen LogP contribution < -0.4 is 10.9 Å². The van der Waals surface area contributed by atoms with Crippen LogP contribution in [0.4, 0.5) is 0 Å². The summed E-state index contributed by atoms with van der Waals surface area (Å²) in [7, 11) is 0. The van der Waals surface area contributed by atoms with Gasteiger partial charge in [0, 0.05) is 5.56 Å². The molecule has 0 saturated carbocycles.